The maximum atomic E-state index is 11.8. The predicted molar refractivity (Wildman–Crippen MR) is 61.3 cm³/mol. The van der Waals surface area contributed by atoms with Crippen LogP contribution in [-0.2, 0) is 4.79 Å². The Hall–Kier alpha value is -0.910. The van der Waals surface area contributed by atoms with E-state index in [2.05, 4.69) is 12.2 Å². The molecular formula is C10H16N2O3S. The number of hydrogen-bond donors (Lipinski definition) is 2. The van der Waals surface area contributed by atoms with Gasteiger partial charge in [0.15, 0.2) is 0 Å². The van der Waals surface area contributed by atoms with E-state index in [1.807, 2.05) is 0 Å². The van der Waals surface area contributed by atoms with Crippen LogP contribution in [0.2, 0.25) is 0 Å². The summed E-state index contributed by atoms with van der Waals surface area (Å²) in [6, 6.07) is -0.914. The predicted octanol–water partition coefficient (Wildman–Crippen LogP) is 0.956. The lowest BCUT2D eigenvalue weighted by Gasteiger charge is -2.22. The fraction of sp³-hybridized carbons (Fsp3) is 0.800. The van der Waals surface area contributed by atoms with E-state index in [0.717, 1.165) is 12.8 Å². The van der Waals surface area contributed by atoms with Crippen molar-refractivity contribution in [2.24, 2.45) is 5.41 Å². The van der Waals surface area contributed by atoms with Crippen LogP contribution in [-0.4, -0.2) is 46.2 Å². The highest BCUT2D eigenvalue weighted by molar-refractivity contribution is 7.99. The molecule has 0 radical (unpaired) electrons. The first-order valence-corrected chi connectivity index (χ1v) is 6.52. The minimum Gasteiger partial charge on any atom is -0.480 e. The third-order valence-corrected chi connectivity index (χ3v) is 4.21. The molecule has 2 fully saturated rings. The largest absolute Gasteiger partial charge is 0.480 e. The maximum absolute atomic E-state index is 11.8. The van der Waals surface area contributed by atoms with Crippen molar-refractivity contribution in [3.63, 3.8) is 0 Å². The smallest absolute Gasteiger partial charge is 0.327 e. The highest BCUT2D eigenvalue weighted by Crippen LogP contribution is 2.44. The van der Waals surface area contributed by atoms with Crippen molar-refractivity contribution in [2.45, 2.75) is 25.8 Å². The molecule has 0 spiro atoms. The molecule has 2 rings (SSSR count). The molecule has 0 aromatic heterocycles. The minimum absolute atomic E-state index is 0.245. The Morgan fingerprint density at radius 1 is 1.56 bits per heavy atom. The molecular weight excluding hydrogens is 228 g/mol. The SMILES string of the molecule is CC1(CNC(=O)N2CSCC2C(=O)O)CC1. The zero-order valence-corrected chi connectivity index (χ0v) is 10.0. The number of nitrogens with zero attached hydrogens (tertiary/aromatic N) is 1. The number of carbonyl (C=O) groups excluding carboxylic acids is 1. The first-order chi connectivity index (χ1) is 7.52. The van der Waals surface area contributed by atoms with Crippen LogP contribution >= 0.6 is 11.8 Å². The fourth-order valence-corrected chi connectivity index (χ4v) is 2.77. The van der Waals surface area contributed by atoms with Crippen LogP contribution in [0.25, 0.3) is 0 Å². The van der Waals surface area contributed by atoms with Crippen LogP contribution in [0.4, 0.5) is 4.79 Å². The molecule has 1 atom stereocenters. The van der Waals surface area contributed by atoms with E-state index in [-0.39, 0.29) is 11.4 Å². The van der Waals surface area contributed by atoms with Gasteiger partial charge in [-0.1, -0.05) is 6.92 Å². The van der Waals surface area contributed by atoms with Gasteiger partial charge in [0, 0.05) is 12.3 Å². The summed E-state index contributed by atoms with van der Waals surface area (Å²) in [5, 5.41) is 11.8. The summed E-state index contributed by atoms with van der Waals surface area (Å²) in [7, 11) is 0. The lowest BCUT2D eigenvalue weighted by molar-refractivity contribution is -0.140. The minimum atomic E-state index is -0.919. The molecule has 0 aromatic rings. The quantitative estimate of drug-likeness (QED) is 0.775. The van der Waals surface area contributed by atoms with Gasteiger partial charge in [-0.15, -0.1) is 11.8 Å². The van der Waals surface area contributed by atoms with Crippen LogP contribution in [0, 0.1) is 5.41 Å². The Labute approximate surface area is 98.6 Å². The van der Waals surface area contributed by atoms with Crippen LogP contribution in [0.1, 0.15) is 19.8 Å². The Balaban J connectivity index is 1.85. The number of carbonyl (C=O) groups is 2. The van der Waals surface area contributed by atoms with Gasteiger partial charge in [-0.2, -0.15) is 0 Å². The zero-order chi connectivity index (χ0) is 11.8. The average Bonchev–Trinajstić information content (AvgIpc) is 2.81. The number of amides is 2. The van der Waals surface area contributed by atoms with Crippen LogP contribution in [0.5, 0.6) is 0 Å². The molecule has 1 aliphatic carbocycles. The van der Waals surface area contributed by atoms with Gasteiger partial charge in [-0.3, -0.25) is 0 Å². The number of urea groups is 1. The zero-order valence-electron chi connectivity index (χ0n) is 9.23. The summed E-state index contributed by atoms with van der Waals surface area (Å²) in [6.07, 6.45) is 2.29. The molecule has 2 N–H and O–H groups in total. The fourth-order valence-electron chi connectivity index (χ4n) is 1.63. The first kappa shape index (κ1) is 11.6. The van der Waals surface area contributed by atoms with Crippen LogP contribution in [0.3, 0.4) is 0 Å². The number of carboxylic acid groups (broad SMARTS) is 1. The second-order valence-electron chi connectivity index (χ2n) is 4.79. The topological polar surface area (TPSA) is 69.6 Å². The second kappa shape index (κ2) is 4.16. The molecule has 1 saturated heterocycles. The third kappa shape index (κ3) is 2.42. The third-order valence-electron chi connectivity index (χ3n) is 3.20. The van der Waals surface area contributed by atoms with Crippen LogP contribution in [0.15, 0.2) is 0 Å². The lowest BCUT2D eigenvalue weighted by Crippen LogP contribution is -2.47. The molecule has 2 aliphatic rings. The van der Waals surface area contributed by atoms with Gasteiger partial charge in [0.1, 0.15) is 6.04 Å². The van der Waals surface area contributed by atoms with Gasteiger partial charge >= 0.3 is 12.0 Å². The molecule has 16 heavy (non-hydrogen) atoms. The van der Waals surface area contributed by atoms with Gasteiger partial charge in [-0.05, 0) is 18.3 Å². The second-order valence-corrected chi connectivity index (χ2v) is 5.79. The van der Waals surface area contributed by atoms with Crippen molar-refractivity contribution in [1.29, 1.82) is 0 Å². The van der Waals surface area contributed by atoms with Gasteiger partial charge < -0.3 is 15.3 Å². The van der Waals surface area contributed by atoms with Gasteiger partial charge in [0.25, 0.3) is 0 Å². The summed E-state index contributed by atoms with van der Waals surface area (Å²) in [5.41, 5.74) is 0.251. The first-order valence-electron chi connectivity index (χ1n) is 5.37. The number of thioether (sulfide) groups is 1. The van der Waals surface area contributed by atoms with E-state index in [4.69, 9.17) is 5.11 Å². The molecule has 1 aliphatic heterocycles. The van der Waals surface area contributed by atoms with Crippen molar-refractivity contribution in [3.8, 4) is 0 Å². The summed E-state index contributed by atoms with van der Waals surface area (Å²) in [6.45, 7) is 2.78. The number of aliphatic carboxylic acids is 1. The highest BCUT2D eigenvalue weighted by Gasteiger charge is 2.39. The summed E-state index contributed by atoms with van der Waals surface area (Å²) in [4.78, 5) is 24.1. The molecule has 5 nitrogen and oxygen atoms in total. The summed E-state index contributed by atoms with van der Waals surface area (Å²) < 4.78 is 0. The normalized spacial score (nSPS) is 26.6. The summed E-state index contributed by atoms with van der Waals surface area (Å²) >= 11 is 1.48. The van der Waals surface area contributed by atoms with E-state index in [0.29, 0.717) is 18.2 Å². The van der Waals surface area contributed by atoms with E-state index in [1.54, 1.807) is 0 Å². The average molecular weight is 244 g/mol. The van der Waals surface area contributed by atoms with E-state index >= 15 is 0 Å². The molecule has 0 bridgehead atoms. The Kier molecular flexibility index (Phi) is 3.01. The van der Waals surface area contributed by atoms with Crippen molar-refractivity contribution >= 4 is 23.8 Å². The molecule has 1 unspecified atom stereocenters. The molecule has 0 aromatic carbocycles. The standard InChI is InChI=1S/C10H16N2O3S/c1-10(2-3-10)5-11-9(15)12-6-16-4-7(12)8(13)14/h7H,2-6H2,1H3,(H,11,15)(H,13,14). The number of rotatable bonds is 3. The van der Waals surface area contributed by atoms with Crippen molar-refractivity contribution in [2.75, 3.05) is 18.2 Å². The number of nitrogens with one attached hydrogen (secondary N) is 1. The lowest BCUT2D eigenvalue weighted by atomic mass is 10.1. The van der Waals surface area contributed by atoms with Crippen molar-refractivity contribution in [3.05, 3.63) is 0 Å². The molecule has 6 heteroatoms. The number of hydrogen-bond acceptors (Lipinski definition) is 3. The van der Waals surface area contributed by atoms with Gasteiger partial charge in [-0.25, -0.2) is 9.59 Å². The van der Waals surface area contributed by atoms with Crippen LogP contribution < -0.4 is 5.32 Å². The monoisotopic (exact) mass is 244 g/mol. The number of carboxylic acids is 1. The van der Waals surface area contributed by atoms with Gasteiger partial charge in [0.2, 0.25) is 0 Å². The van der Waals surface area contributed by atoms with E-state index in [1.165, 1.54) is 16.7 Å². The molecule has 1 heterocycles. The highest BCUT2D eigenvalue weighted by atomic mass is 32.2. The van der Waals surface area contributed by atoms with Crippen molar-refractivity contribution in [1.82, 2.24) is 10.2 Å². The molecule has 2 amide bonds. The Bertz CT molecular complexity index is 317. The van der Waals surface area contributed by atoms with Gasteiger partial charge in [0.05, 0.1) is 5.88 Å². The summed E-state index contributed by atoms with van der Waals surface area (Å²) in [5.74, 6) is 0.0392. The Morgan fingerprint density at radius 2 is 2.25 bits per heavy atom. The van der Waals surface area contributed by atoms with E-state index < -0.39 is 12.0 Å². The Morgan fingerprint density at radius 3 is 2.81 bits per heavy atom. The van der Waals surface area contributed by atoms with E-state index in [9.17, 15) is 9.59 Å². The molecule has 1 saturated carbocycles. The maximum Gasteiger partial charge on any atom is 0.327 e. The molecule has 90 valence electrons. The van der Waals surface area contributed by atoms with Crippen molar-refractivity contribution < 1.29 is 14.7 Å².